The number of aryl methyl sites for hydroxylation is 1. The highest BCUT2D eigenvalue weighted by atomic mass is 16.5. The molecule has 2 N–H and O–H groups in total. The molecule has 0 unspecified atom stereocenters. The molecular weight excluding hydrogens is 532 g/mol. The van der Waals surface area contributed by atoms with Gasteiger partial charge in [-0.15, -0.1) is 0 Å². The van der Waals surface area contributed by atoms with Crippen LogP contribution in [0.5, 0.6) is 11.5 Å². The average molecular weight is 569 g/mol. The lowest BCUT2D eigenvalue weighted by molar-refractivity contribution is -0.129. The Balaban J connectivity index is 1.43. The molecule has 9 nitrogen and oxygen atoms in total. The number of methoxy groups -OCH3 is 1. The lowest BCUT2D eigenvalue weighted by atomic mass is 10.0. The summed E-state index contributed by atoms with van der Waals surface area (Å²) in [5.41, 5.74) is 3.40. The Morgan fingerprint density at radius 1 is 1.00 bits per heavy atom. The molecule has 0 saturated heterocycles. The van der Waals surface area contributed by atoms with Crippen LogP contribution in [0.1, 0.15) is 29.0 Å². The number of hydrogen-bond acceptors (Lipinski definition) is 7. The van der Waals surface area contributed by atoms with Gasteiger partial charge in [-0.1, -0.05) is 60.7 Å². The van der Waals surface area contributed by atoms with E-state index >= 15 is 0 Å². The number of rotatable bonds is 5. The maximum Gasteiger partial charge on any atom is 0.243 e. The van der Waals surface area contributed by atoms with Crippen LogP contribution < -0.4 is 20.1 Å². The van der Waals surface area contributed by atoms with E-state index in [1.165, 1.54) is 0 Å². The fourth-order valence-corrected chi connectivity index (χ4v) is 4.96. The van der Waals surface area contributed by atoms with Crippen LogP contribution in [-0.4, -0.2) is 54.5 Å². The molecule has 4 aromatic rings. The van der Waals surface area contributed by atoms with E-state index in [0.717, 1.165) is 16.7 Å². The fourth-order valence-electron chi connectivity index (χ4n) is 4.96. The number of benzene rings is 3. The van der Waals surface area contributed by atoms with Gasteiger partial charge in [-0.25, -0.2) is 4.98 Å². The highest BCUT2D eigenvalue weighted by Gasteiger charge is 2.24. The predicted octanol–water partition coefficient (Wildman–Crippen LogP) is 4.29. The molecule has 0 saturated carbocycles. The Morgan fingerprint density at radius 2 is 1.74 bits per heavy atom. The first-order chi connectivity index (χ1) is 20.5. The van der Waals surface area contributed by atoms with Gasteiger partial charge in [0.15, 0.2) is 11.5 Å². The molecule has 0 aliphatic carbocycles. The van der Waals surface area contributed by atoms with E-state index in [2.05, 4.69) is 20.5 Å². The summed E-state index contributed by atoms with van der Waals surface area (Å²) in [5, 5.41) is 5.94. The zero-order chi connectivity index (χ0) is 29.3. The summed E-state index contributed by atoms with van der Waals surface area (Å²) in [6, 6.07) is 24.5. The van der Waals surface area contributed by atoms with Crippen LogP contribution in [-0.2, 0) is 29.1 Å². The van der Waals surface area contributed by atoms with Crippen molar-refractivity contribution in [3.63, 3.8) is 0 Å². The standard InChI is InChI=1S/C33H36N4O5/c1-23-28-20-34-32(39)27(18-24-10-5-3-6-11-24)35-31(38)22-37(21-25-12-7-4-8-13-25)16-9-17-41-30-19-26(33(36-28)42-23)14-15-29(30)40-2/h3-8,10-15,19,27H,9,16-18,20-22H2,1-2H3,(H,34,39)(H,35,38)/t27-/m1/s1. The zero-order valence-electron chi connectivity index (χ0n) is 24.0. The number of ether oxygens (including phenoxy) is 2. The van der Waals surface area contributed by atoms with E-state index in [-0.39, 0.29) is 24.9 Å². The molecular formula is C33H36N4O5. The van der Waals surface area contributed by atoms with E-state index in [0.29, 0.717) is 61.4 Å². The quantitative estimate of drug-likeness (QED) is 0.370. The molecule has 1 aromatic heterocycles. The SMILES string of the molecule is COc1ccc2cc1OCCCN(Cc1ccccc1)CC(=O)N[C@H](Cc1ccccc1)C(=O)NCc1nc-2oc1C. The van der Waals surface area contributed by atoms with E-state index in [4.69, 9.17) is 13.9 Å². The van der Waals surface area contributed by atoms with Gasteiger partial charge in [0.05, 0.1) is 26.8 Å². The summed E-state index contributed by atoms with van der Waals surface area (Å²) in [5.74, 6) is 1.70. The molecule has 0 radical (unpaired) electrons. The molecule has 2 amide bonds. The smallest absolute Gasteiger partial charge is 0.243 e. The predicted molar refractivity (Wildman–Crippen MR) is 159 cm³/mol. The number of nitrogens with zero attached hydrogens (tertiary/aromatic N) is 2. The molecule has 1 aliphatic rings. The largest absolute Gasteiger partial charge is 0.493 e. The van der Waals surface area contributed by atoms with Crippen molar-refractivity contribution in [3.8, 4) is 23.0 Å². The summed E-state index contributed by atoms with van der Waals surface area (Å²) < 4.78 is 17.6. The minimum Gasteiger partial charge on any atom is -0.493 e. The Hall–Kier alpha value is -4.63. The summed E-state index contributed by atoms with van der Waals surface area (Å²) in [6.45, 7) is 3.73. The van der Waals surface area contributed by atoms with Crippen LogP contribution in [0.3, 0.4) is 0 Å². The molecule has 9 heteroatoms. The molecule has 5 rings (SSSR count). The third-order valence-electron chi connectivity index (χ3n) is 7.16. The van der Waals surface area contributed by atoms with Crippen molar-refractivity contribution in [3.05, 3.63) is 101 Å². The van der Waals surface area contributed by atoms with Crippen LogP contribution in [0.2, 0.25) is 0 Å². The molecule has 2 heterocycles. The van der Waals surface area contributed by atoms with Gasteiger partial charge in [-0.3, -0.25) is 14.5 Å². The second kappa shape index (κ2) is 13.8. The van der Waals surface area contributed by atoms with Gasteiger partial charge in [0, 0.05) is 25.1 Å². The van der Waals surface area contributed by atoms with Gasteiger partial charge in [0.1, 0.15) is 17.5 Å². The Bertz CT molecular complexity index is 1490. The third-order valence-corrected chi connectivity index (χ3v) is 7.16. The highest BCUT2D eigenvalue weighted by molar-refractivity contribution is 5.88. The molecule has 0 spiro atoms. The van der Waals surface area contributed by atoms with E-state index in [9.17, 15) is 9.59 Å². The first-order valence-corrected chi connectivity index (χ1v) is 14.1. The Morgan fingerprint density at radius 3 is 2.48 bits per heavy atom. The number of carbonyl (C=O) groups is 2. The van der Waals surface area contributed by atoms with Crippen molar-refractivity contribution < 1.29 is 23.5 Å². The third kappa shape index (κ3) is 7.55. The number of nitrogens with one attached hydrogen (secondary N) is 2. The number of carbonyl (C=O) groups excluding carboxylic acids is 2. The van der Waals surface area contributed by atoms with Crippen molar-refractivity contribution in [2.75, 3.05) is 26.8 Å². The number of amides is 2. The number of hydrogen-bond donors (Lipinski definition) is 2. The van der Waals surface area contributed by atoms with Crippen LogP contribution in [0.25, 0.3) is 11.5 Å². The van der Waals surface area contributed by atoms with Gasteiger partial charge >= 0.3 is 0 Å². The maximum absolute atomic E-state index is 13.4. The van der Waals surface area contributed by atoms with Crippen molar-refractivity contribution in [2.24, 2.45) is 0 Å². The van der Waals surface area contributed by atoms with Crippen LogP contribution in [0, 0.1) is 6.92 Å². The highest BCUT2D eigenvalue weighted by Crippen LogP contribution is 2.33. The van der Waals surface area contributed by atoms with Crippen LogP contribution in [0.4, 0.5) is 0 Å². The van der Waals surface area contributed by atoms with E-state index in [1.54, 1.807) is 7.11 Å². The van der Waals surface area contributed by atoms with Gasteiger partial charge in [0.25, 0.3) is 0 Å². The second-order valence-corrected chi connectivity index (χ2v) is 10.3. The van der Waals surface area contributed by atoms with Gasteiger partial charge in [0.2, 0.25) is 17.7 Å². The summed E-state index contributed by atoms with van der Waals surface area (Å²) in [7, 11) is 1.60. The first kappa shape index (κ1) is 28.9. The Kier molecular flexibility index (Phi) is 9.51. The first-order valence-electron chi connectivity index (χ1n) is 14.1. The molecule has 1 aliphatic heterocycles. The molecule has 4 bridgehead atoms. The molecule has 0 fully saturated rings. The zero-order valence-corrected chi connectivity index (χ0v) is 24.0. The van der Waals surface area contributed by atoms with Crippen molar-refractivity contribution in [2.45, 2.75) is 38.9 Å². The second-order valence-electron chi connectivity index (χ2n) is 10.3. The van der Waals surface area contributed by atoms with E-state index in [1.807, 2.05) is 85.8 Å². The minimum atomic E-state index is -0.753. The monoisotopic (exact) mass is 568 g/mol. The normalized spacial score (nSPS) is 16.9. The fraction of sp³-hybridized carbons (Fsp3) is 0.303. The van der Waals surface area contributed by atoms with Crippen molar-refractivity contribution in [1.82, 2.24) is 20.5 Å². The lowest BCUT2D eigenvalue weighted by Gasteiger charge is -2.24. The van der Waals surface area contributed by atoms with Gasteiger partial charge < -0.3 is 24.5 Å². The molecule has 218 valence electrons. The van der Waals surface area contributed by atoms with Gasteiger partial charge in [-0.2, -0.15) is 0 Å². The Labute approximate surface area is 245 Å². The summed E-state index contributed by atoms with van der Waals surface area (Å²) in [6.07, 6.45) is 1.03. The van der Waals surface area contributed by atoms with Gasteiger partial charge in [-0.05, 0) is 42.7 Å². The minimum absolute atomic E-state index is 0.137. The summed E-state index contributed by atoms with van der Waals surface area (Å²) >= 11 is 0. The lowest BCUT2D eigenvalue weighted by Crippen LogP contribution is -2.50. The van der Waals surface area contributed by atoms with E-state index < -0.39 is 6.04 Å². The van der Waals surface area contributed by atoms with Crippen LogP contribution >= 0.6 is 0 Å². The molecule has 3 aromatic carbocycles. The average Bonchev–Trinajstić information content (AvgIpc) is 3.38. The molecule has 1 atom stereocenters. The van der Waals surface area contributed by atoms with Crippen molar-refractivity contribution in [1.29, 1.82) is 0 Å². The number of oxazole rings is 1. The topological polar surface area (TPSA) is 106 Å². The number of fused-ring (bicyclic) bond motifs is 5. The number of aromatic nitrogens is 1. The summed E-state index contributed by atoms with van der Waals surface area (Å²) in [4.78, 5) is 33.5. The maximum atomic E-state index is 13.4. The molecule has 42 heavy (non-hydrogen) atoms. The van der Waals surface area contributed by atoms with Crippen LogP contribution in [0.15, 0.2) is 83.3 Å². The van der Waals surface area contributed by atoms with Crippen molar-refractivity contribution >= 4 is 11.8 Å².